The summed E-state index contributed by atoms with van der Waals surface area (Å²) in [6.07, 6.45) is 8.14. The molecule has 1 aliphatic rings. The van der Waals surface area contributed by atoms with Crippen molar-refractivity contribution in [1.82, 2.24) is 0 Å². The molecule has 0 heterocycles. The van der Waals surface area contributed by atoms with Crippen LogP contribution in [0.5, 0.6) is 0 Å². The molecule has 1 saturated carbocycles. The molecule has 0 N–H and O–H groups in total. The third kappa shape index (κ3) is 3.33. The van der Waals surface area contributed by atoms with Crippen LogP contribution in [0.3, 0.4) is 0 Å². The lowest BCUT2D eigenvalue weighted by Crippen LogP contribution is -2.11. The Balaban J connectivity index is 1.84. The van der Waals surface area contributed by atoms with E-state index in [-0.39, 0.29) is 0 Å². The first-order valence-electron chi connectivity index (χ1n) is 6.15. The van der Waals surface area contributed by atoms with Gasteiger partial charge in [0.15, 0.2) is 0 Å². The molecular formula is C14H18Br2. The lowest BCUT2D eigenvalue weighted by Gasteiger charge is -2.17. The fourth-order valence-corrected chi connectivity index (χ4v) is 3.79. The molecule has 0 bridgehead atoms. The van der Waals surface area contributed by atoms with E-state index in [1.807, 2.05) is 0 Å². The summed E-state index contributed by atoms with van der Waals surface area (Å²) in [7, 11) is 0. The molecule has 0 aliphatic heterocycles. The Hall–Kier alpha value is 0.180. The van der Waals surface area contributed by atoms with Gasteiger partial charge in [0.1, 0.15) is 0 Å². The minimum absolute atomic E-state index is 0.710. The fraction of sp³-hybridized carbons (Fsp3) is 0.571. The molecule has 0 aromatic heterocycles. The third-order valence-electron chi connectivity index (χ3n) is 3.56. The third-order valence-corrected chi connectivity index (χ3v) is 5.54. The average Bonchev–Trinajstić information content (AvgIpc) is 2.81. The summed E-state index contributed by atoms with van der Waals surface area (Å²) in [6.45, 7) is 0. The number of halogens is 2. The van der Waals surface area contributed by atoms with Gasteiger partial charge in [-0.15, -0.1) is 0 Å². The zero-order valence-electron chi connectivity index (χ0n) is 9.46. The van der Waals surface area contributed by atoms with E-state index < -0.39 is 0 Å². The molecule has 0 saturated heterocycles. The van der Waals surface area contributed by atoms with Crippen molar-refractivity contribution in [2.75, 3.05) is 0 Å². The van der Waals surface area contributed by atoms with Crippen molar-refractivity contribution in [3.05, 3.63) is 34.3 Å². The van der Waals surface area contributed by atoms with Gasteiger partial charge in [0.05, 0.1) is 0 Å². The van der Waals surface area contributed by atoms with E-state index in [2.05, 4.69) is 56.1 Å². The van der Waals surface area contributed by atoms with Crippen LogP contribution in [-0.2, 0) is 6.42 Å². The van der Waals surface area contributed by atoms with Gasteiger partial charge in [-0.1, -0.05) is 62.9 Å². The largest absolute Gasteiger partial charge is 0.0888 e. The predicted octanol–water partition coefficient (Wildman–Crippen LogP) is 5.34. The Bertz CT molecular complexity index is 329. The van der Waals surface area contributed by atoms with Gasteiger partial charge in [0, 0.05) is 9.30 Å². The summed E-state index contributed by atoms with van der Waals surface area (Å²) in [6, 6.07) is 8.56. The van der Waals surface area contributed by atoms with Crippen LogP contribution in [-0.4, -0.2) is 4.83 Å². The zero-order valence-corrected chi connectivity index (χ0v) is 12.6. The van der Waals surface area contributed by atoms with Crippen LogP contribution in [0.25, 0.3) is 0 Å². The number of rotatable bonds is 4. The highest BCUT2D eigenvalue weighted by Gasteiger charge is 2.22. The first-order chi connectivity index (χ1) is 7.77. The van der Waals surface area contributed by atoms with E-state index in [0.717, 1.165) is 5.92 Å². The van der Waals surface area contributed by atoms with Gasteiger partial charge in [0.2, 0.25) is 0 Å². The number of alkyl halides is 1. The van der Waals surface area contributed by atoms with E-state index >= 15 is 0 Å². The van der Waals surface area contributed by atoms with E-state index in [9.17, 15) is 0 Å². The van der Waals surface area contributed by atoms with Crippen molar-refractivity contribution in [2.24, 2.45) is 5.92 Å². The maximum absolute atomic E-state index is 3.87. The summed E-state index contributed by atoms with van der Waals surface area (Å²) in [4.78, 5) is 0.710. The molecule has 2 heteroatoms. The second kappa shape index (κ2) is 6.20. The van der Waals surface area contributed by atoms with Crippen molar-refractivity contribution in [2.45, 2.75) is 43.4 Å². The molecule has 1 aromatic rings. The van der Waals surface area contributed by atoms with Gasteiger partial charge in [-0.3, -0.25) is 0 Å². The molecule has 0 nitrogen and oxygen atoms in total. The predicted molar refractivity (Wildman–Crippen MR) is 77.1 cm³/mol. The van der Waals surface area contributed by atoms with E-state index in [1.54, 1.807) is 0 Å². The number of aryl methyl sites for hydroxylation is 1. The molecule has 0 radical (unpaired) electrons. The Morgan fingerprint density at radius 2 is 1.88 bits per heavy atom. The van der Waals surface area contributed by atoms with Crippen molar-refractivity contribution >= 4 is 31.9 Å². The number of hydrogen-bond donors (Lipinski definition) is 0. The molecule has 1 atom stereocenters. The van der Waals surface area contributed by atoms with Crippen molar-refractivity contribution in [3.63, 3.8) is 0 Å². The molecule has 1 aliphatic carbocycles. The summed E-state index contributed by atoms with van der Waals surface area (Å²) < 4.78 is 1.25. The van der Waals surface area contributed by atoms with Crippen molar-refractivity contribution in [3.8, 4) is 0 Å². The highest BCUT2D eigenvalue weighted by atomic mass is 79.9. The van der Waals surface area contributed by atoms with Gasteiger partial charge >= 0.3 is 0 Å². The van der Waals surface area contributed by atoms with Crippen LogP contribution < -0.4 is 0 Å². The van der Waals surface area contributed by atoms with Crippen LogP contribution in [0.4, 0.5) is 0 Å². The van der Waals surface area contributed by atoms with Crippen LogP contribution >= 0.6 is 31.9 Å². The Labute approximate surface area is 115 Å². The van der Waals surface area contributed by atoms with Crippen LogP contribution in [0.15, 0.2) is 28.7 Å². The smallest absolute Gasteiger partial charge is 0.0207 e. The first-order valence-corrected chi connectivity index (χ1v) is 7.85. The fourth-order valence-electron chi connectivity index (χ4n) is 2.55. The van der Waals surface area contributed by atoms with Gasteiger partial charge in [-0.25, -0.2) is 0 Å². The summed E-state index contributed by atoms with van der Waals surface area (Å²) in [5.74, 6) is 0.919. The summed E-state index contributed by atoms with van der Waals surface area (Å²) >= 11 is 7.49. The first kappa shape index (κ1) is 12.6. The highest BCUT2D eigenvalue weighted by Crippen LogP contribution is 2.34. The second-order valence-electron chi connectivity index (χ2n) is 4.69. The maximum Gasteiger partial charge on any atom is 0.0207 e. The van der Waals surface area contributed by atoms with E-state index in [0.29, 0.717) is 4.83 Å². The topological polar surface area (TPSA) is 0 Å². The minimum atomic E-state index is 0.710. The van der Waals surface area contributed by atoms with Crippen LogP contribution in [0.2, 0.25) is 0 Å². The molecule has 1 aromatic carbocycles. The zero-order chi connectivity index (χ0) is 11.4. The Kier molecular flexibility index (Phi) is 4.90. The van der Waals surface area contributed by atoms with Gasteiger partial charge in [-0.05, 0) is 43.2 Å². The van der Waals surface area contributed by atoms with Crippen molar-refractivity contribution in [1.29, 1.82) is 0 Å². The van der Waals surface area contributed by atoms with Gasteiger partial charge < -0.3 is 0 Å². The number of hydrogen-bond acceptors (Lipinski definition) is 0. The second-order valence-corrected chi connectivity index (χ2v) is 6.72. The van der Waals surface area contributed by atoms with Gasteiger partial charge in [-0.2, -0.15) is 0 Å². The highest BCUT2D eigenvalue weighted by molar-refractivity contribution is 9.10. The number of benzene rings is 1. The van der Waals surface area contributed by atoms with Gasteiger partial charge in [0.25, 0.3) is 0 Å². The van der Waals surface area contributed by atoms with E-state index in [1.165, 1.54) is 48.6 Å². The molecule has 1 fully saturated rings. The molecular weight excluding hydrogens is 328 g/mol. The Morgan fingerprint density at radius 3 is 2.56 bits per heavy atom. The quantitative estimate of drug-likeness (QED) is 0.646. The Morgan fingerprint density at radius 1 is 1.19 bits per heavy atom. The SMILES string of the molecule is Brc1ccccc1CCC(Br)C1CCCC1. The standard InChI is InChI=1S/C14H18Br2/c15-13-8-4-3-7-12(13)9-10-14(16)11-5-1-2-6-11/h3-4,7-8,11,14H,1-2,5-6,9-10H2. The van der Waals surface area contributed by atoms with Crippen LogP contribution in [0.1, 0.15) is 37.7 Å². The van der Waals surface area contributed by atoms with E-state index in [4.69, 9.17) is 0 Å². The average molecular weight is 346 g/mol. The maximum atomic E-state index is 3.87. The molecule has 16 heavy (non-hydrogen) atoms. The normalized spacial score (nSPS) is 18.9. The van der Waals surface area contributed by atoms with Crippen molar-refractivity contribution < 1.29 is 0 Å². The minimum Gasteiger partial charge on any atom is -0.0888 e. The summed E-state index contributed by atoms with van der Waals surface area (Å²) in [5.41, 5.74) is 1.44. The molecule has 2 rings (SSSR count). The lowest BCUT2D eigenvalue weighted by atomic mass is 9.98. The molecule has 0 spiro atoms. The molecule has 88 valence electrons. The monoisotopic (exact) mass is 344 g/mol. The molecule has 0 amide bonds. The lowest BCUT2D eigenvalue weighted by molar-refractivity contribution is 0.505. The van der Waals surface area contributed by atoms with Crippen LogP contribution in [0, 0.1) is 5.92 Å². The molecule has 1 unspecified atom stereocenters. The summed E-state index contributed by atoms with van der Waals surface area (Å²) in [5, 5.41) is 0.